The van der Waals surface area contributed by atoms with E-state index in [0.717, 1.165) is 5.69 Å². The summed E-state index contributed by atoms with van der Waals surface area (Å²) in [6.07, 6.45) is 3.11. The van der Waals surface area contributed by atoms with Gasteiger partial charge in [-0.2, -0.15) is 5.10 Å². The minimum Gasteiger partial charge on any atom is -0.463 e. The molecule has 1 aromatic carbocycles. The van der Waals surface area contributed by atoms with Gasteiger partial charge in [0, 0.05) is 5.69 Å². The van der Waals surface area contributed by atoms with Gasteiger partial charge in [-0.15, -0.1) is 0 Å². The Morgan fingerprint density at radius 1 is 1.16 bits per heavy atom. The molecule has 0 saturated heterocycles. The second-order valence-electron chi connectivity index (χ2n) is 3.64. The molecule has 0 bridgehead atoms. The van der Waals surface area contributed by atoms with Gasteiger partial charge in [-0.05, 0) is 34.7 Å². The van der Waals surface area contributed by atoms with Crippen LogP contribution in [-0.4, -0.2) is 26.5 Å². The Bertz CT molecular complexity index is 659. The van der Waals surface area contributed by atoms with Crippen molar-refractivity contribution in [3.8, 4) is 0 Å². The molecule has 0 saturated carbocycles. The number of benzene rings is 1. The topological polar surface area (TPSA) is 81.1 Å². The van der Waals surface area contributed by atoms with E-state index >= 15 is 0 Å². The van der Waals surface area contributed by atoms with Crippen molar-refractivity contribution < 1.29 is 4.42 Å². The highest BCUT2D eigenvalue weighted by atomic mass is 16.3. The van der Waals surface area contributed by atoms with Crippen LogP contribution in [0.25, 0.3) is 0 Å². The number of nitrogens with one attached hydrogen (secondary N) is 1. The first-order chi connectivity index (χ1) is 9.42. The normalized spacial score (nSPS) is 10.9. The summed E-state index contributed by atoms with van der Waals surface area (Å²) in [6, 6.07) is 13.2. The summed E-state index contributed by atoms with van der Waals surface area (Å²) in [5, 5.41) is 18.4. The predicted octanol–water partition coefficient (Wildman–Crippen LogP) is 1.89. The number of furan rings is 1. The van der Waals surface area contributed by atoms with E-state index < -0.39 is 0 Å². The Morgan fingerprint density at radius 3 is 2.84 bits per heavy atom. The van der Waals surface area contributed by atoms with Gasteiger partial charge in [-0.25, -0.2) is 0 Å². The standard InChI is InChI=1S/C12H10N6O/c1-2-5-10(6-3-1)14-12-15-16-17-18(12)13-9-11-7-4-8-19-11/h1-9H,(H,14,15,17)/b13-9-. The van der Waals surface area contributed by atoms with E-state index in [4.69, 9.17) is 4.42 Å². The van der Waals surface area contributed by atoms with Crippen molar-refractivity contribution in [3.63, 3.8) is 0 Å². The van der Waals surface area contributed by atoms with Crippen molar-refractivity contribution >= 4 is 17.9 Å². The molecule has 7 nitrogen and oxygen atoms in total. The second-order valence-corrected chi connectivity index (χ2v) is 3.64. The Labute approximate surface area is 108 Å². The third-order valence-corrected chi connectivity index (χ3v) is 2.32. The van der Waals surface area contributed by atoms with Gasteiger partial charge < -0.3 is 9.73 Å². The average molecular weight is 254 g/mol. The number of hydrogen-bond acceptors (Lipinski definition) is 6. The number of hydrogen-bond donors (Lipinski definition) is 1. The quantitative estimate of drug-likeness (QED) is 0.719. The third-order valence-electron chi connectivity index (χ3n) is 2.32. The molecule has 94 valence electrons. The summed E-state index contributed by atoms with van der Waals surface area (Å²) >= 11 is 0. The van der Waals surface area contributed by atoms with Gasteiger partial charge >= 0.3 is 0 Å². The lowest BCUT2D eigenvalue weighted by Gasteiger charge is -2.02. The summed E-state index contributed by atoms with van der Waals surface area (Å²) in [5.74, 6) is 1.05. The maximum absolute atomic E-state index is 5.14. The van der Waals surface area contributed by atoms with Crippen LogP contribution in [-0.2, 0) is 0 Å². The number of para-hydroxylation sites is 1. The molecule has 3 aromatic rings. The van der Waals surface area contributed by atoms with Gasteiger partial charge in [0.1, 0.15) is 5.76 Å². The highest BCUT2D eigenvalue weighted by Crippen LogP contribution is 2.12. The maximum Gasteiger partial charge on any atom is 0.269 e. The molecular weight excluding hydrogens is 244 g/mol. The number of nitrogens with zero attached hydrogens (tertiary/aromatic N) is 5. The van der Waals surface area contributed by atoms with Crippen molar-refractivity contribution in [1.29, 1.82) is 0 Å². The number of rotatable bonds is 4. The van der Waals surface area contributed by atoms with Gasteiger partial charge in [0.15, 0.2) is 0 Å². The molecule has 2 heterocycles. The van der Waals surface area contributed by atoms with Gasteiger partial charge in [0.2, 0.25) is 0 Å². The Balaban J connectivity index is 1.79. The highest BCUT2D eigenvalue weighted by molar-refractivity contribution is 5.75. The van der Waals surface area contributed by atoms with E-state index in [1.165, 1.54) is 11.0 Å². The fraction of sp³-hybridized carbons (Fsp3) is 0. The number of aromatic nitrogens is 4. The smallest absolute Gasteiger partial charge is 0.269 e. The molecule has 0 aliphatic carbocycles. The first kappa shape index (κ1) is 11.1. The lowest BCUT2D eigenvalue weighted by molar-refractivity contribution is 0.558. The predicted molar refractivity (Wildman–Crippen MR) is 69.2 cm³/mol. The highest BCUT2D eigenvalue weighted by Gasteiger charge is 2.04. The van der Waals surface area contributed by atoms with Crippen LogP contribution in [0.3, 0.4) is 0 Å². The van der Waals surface area contributed by atoms with Crippen molar-refractivity contribution in [2.75, 3.05) is 5.32 Å². The van der Waals surface area contributed by atoms with E-state index in [-0.39, 0.29) is 0 Å². The zero-order valence-electron chi connectivity index (χ0n) is 9.84. The van der Waals surface area contributed by atoms with E-state index in [9.17, 15) is 0 Å². The van der Waals surface area contributed by atoms with Gasteiger partial charge in [-0.1, -0.05) is 28.1 Å². The molecule has 19 heavy (non-hydrogen) atoms. The van der Waals surface area contributed by atoms with Crippen LogP contribution in [0.2, 0.25) is 0 Å². The molecule has 0 aliphatic rings. The van der Waals surface area contributed by atoms with E-state index in [1.807, 2.05) is 30.3 Å². The molecule has 0 fully saturated rings. The SMILES string of the molecule is C(=N/n1nnnc1Nc1ccccc1)/c1ccco1. The molecule has 2 aromatic heterocycles. The van der Waals surface area contributed by atoms with Crippen LogP contribution in [0, 0.1) is 0 Å². The third kappa shape index (κ3) is 2.65. The molecule has 0 atom stereocenters. The monoisotopic (exact) mass is 254 g/mol. The fourth-order valence-corrected chi connectivity index (χ4v) is 1.46. The summed E-state index contributed by atoms with van der Waals surface area (Å²) in [7, 11) is 0. The van der Waals surface area contributed by atoms with Crippen molar-refractivity contribution in [3.05, 3.63) is 54.5 Å². The molecule has 0 spiro atoms. The van der Waals surface area contributed by atoms with Crippen LogP contribution >= 0.6 is 0 Å². The molecule has 3 rings (SSSR count). The average Bonchev–Trinajstić information content (AvgIpc) is 3.09. The van der Waals surface area contributed by atoms with Crippen molar-refractivity contribution in [2.45, 2.75) is 0 Å². The van der Waals surface area contributed by atoms with Crippen LogP contribution in [0.1, 0.15) is 5.76 Å². The molecule has 0 radical (unpaired) electrons. The minimum atomic E-state index is 0.425. The van der Waals surface area contributed by atoms with Gasteiger partial charge in [0.05, 0.1) is 12.5 Å². The second kappa shape index (κ2) is 5.13. The largest absolute Gasteiger partial charge is 0.463 e. The fourth-order valence-electron chi connectivity index (χ4n) is 1.46. The summed E-state index contributed by atoms with van der Waals surface area (Å²) < 4.78 is 5.14. The first-order valence-electron chi connectivity index (χ1n) is 5.60. The Kier molecular flexibility index (Phi) is 3.01. The molecule has 0 amide bonds. The lowest BCUT2D eigenvalue weighted by Crippen LogP contribution is -2.00. The zero-order chi connectivity index (χ0) is 12.9. The Morgan fingerprint density at radius 2 is 2.05 bits per heavy atom. The van der Waals surface area contributed by atoms with E-state index in [2.05, 4.69) is 25.9 Å². The summed E-state index contributed by atoms with van der Waals surface area (Å²) in [5.41, 5.74) is 0.881. The van der Waals surface area contributed by atoms with Crippen LogP contribution in [0.4, 0.5) is 11.6 Å². The molecule has 0 aliphatic heterocycles. The first-order valence-corrected chi connectivity index (χ1v) is 5.60. The Hall–Kier alpha value is -2.96. The van der Waals surface area contributed by atoms with Crippen LogP contribution < -0.4 is 5.32 Å². The number of tetrazole rings is 1. The lowest BCUT2D eigenvalue weighted by atomic mass is 10.3. The van der Waals surface area contributed by atoms with E-state index in [1.54, 1.807) is 18.4 Å². The minimum absolute atomic E-state index is 0.425. The van der Waals surface area contributed by atoms with E-state index in [0.29, 0.717) is 11.7 Å². The number of anilines is 2. The molecular formula is C12H10N6O. The van der Waals surface area contributed by atoms with Crippen molar-refractivity contribution in [1.82, 2.24) is 20.3 Å². The molecule has 7 heteroatoms. The van der Waals surface area contributed by atoms with Crippen LogP contribution in [0.5, 0.6) is 0 Å². The molecule has 1 N–H and O–H groups in total. The van der Waals surface area contributed by atoms with Gasteiger partial charge in [-0.3, -0.25) is 0 Å². The van der Waals surface area contributed by atoms with Crippen LogP contribution in [0.15, 0.2) is 58.2 Å². The summed E-state index contributed by atoms with van der Waals surface area (Å²) in [6.45, 7) is 0. The zero-order valence-corrected chi connectivity index (χ0v) is 9.84. The molecule has 0 unspecified atom stereocenters. The maximum atomic E-state index is 5.14. The summed E-state index contributed by atoms with van der Waals surface area (Å²) in [4.78, 5) is 1.29. The van der Waals surface area contributed by atoms with Gasteiger partial charge in [0.25, 0.3) is 5.95 Å². The van der Waals surface area contributed by atoms with Crippen molar-refractivity contribution in [2.24, 2.45) is 5.10 Å².